The fourth-order valence-electron chi connectivity index (χ4n) is 5.59. The summed E-state index contributed by atoms with van der Waals surface area (Å²) in [6, 6.07) is 0. The van der Waals surface area contributed by atoms with E-state index < -0.39 is 13.9 Å². The number of phosphoric ester groups is 1. The lowest BCUT2D eigenvalue weighted by Gasteiger charge is -2.24. The Hall–Kier alpha value is -2.58. The Morgan fingerprint density at radius 2 is 0.983 bits per heavy atom. The highest BCUT2D eigenvalue weighted by atomic mass is 31.2. The summed E-state index contributed by atoms with van der Waals surface area (Å²) >= 11 is 0. The molecule has 0 aliphatic heterocycles. The summed E-state index contributed by atoms with van der Waals surface area (Å²) in [4.78, 5) is 22.9. The number of rotatable bonds is 41. The van der Waals surface area contributed by atoms with Crippen LogP contribution in [0.5, 0.6) is 0 Å². The standard InChI is InChI=1S/C50H86NO7P/c1-6-8-10-12-14-16-18-20-22-23-24-25-26-27-28-29-30-31-33-35-37-39-41-43-50(52)58-49(48-57-59(53,54)56-46-44-51(3,4)5)47-55-45-42-40-38-36-34-32-21-19-17-15-13-11-9-7-2/h8,10-11,13-14,16-17,19-20,22,24-25,27-28,30-31,49H,6-7,9,12,15,18,21,23,26,29,32-48H2,1-5H3/p+1/b10-8-,13-11-,16-14-,19-17-,22-20-,25-24-,28-27-,31-30-. The van der Waals surface area contributed by atoms with Crippen molar-refractivity contribution in [1.29, 1.82) is 0 Å². The van der Waals surface area contributed by atoms with Gasteiger partial charge in [-0.1, -0.05) is 156 Å². The number of likely N-dealkylation sites (N-methyl/N-ethyl adjacent to an activating group) is 1. The van der Waals surface area contributed by atoms with Crippen molar-refractivity contribution in [2.45, 2.75) is 161 Å². The molecule has 0 aromatic rings. The summed E-state index contributed by atoms with van der Waals surface area (Å²) in [5.74, 6) is -0.347. The van der Waals surface area contributed by atoms with Crippen molar-refractivity contribution in [2.24, 2.45) is 0 Å². The molecule has 59 heavy (non-hydrogen) atoms. The van der Waals surface area contributed by atoms with E-state index in [1.807, 2.05) is 21.1 Å². The molecule has 0 aliphatic carbocycles. The highest BCUT2D eigenvalue weighted by Crippen LogP contribution is 2.43. The van der Waals surface area contributed by atoms with Gasteiger partial charge in [0.05, 0.1) is 34.4 Å². The van der Waals surface area contributed by atoms with E-state index in [0.717, 1.165) is 109 Å². The molecular weight excluding hydrogens is 758 g/mol. The molecule has 0 bridgehead atoms. The van der Waals surface area contributed by atoms with Gasteiger partial charge in [0.15, 0.2) is 0 Å². The Morgan fingerprint density at radius 3 is 1.47 bits per heavy atom. The largest absolute Gasteiger partial charge is 0.472 e. The third-order valence-corrected chi connectivity index (χ3v) is 10.1. The van der Waals surface area contributed by atoms with Gasteiger partial charge in [0.1, 0.15) is 19.3 Å². The molecule has 0 aromatic carbocycles. The summed E-state index contributed by atoms with van der Waals surface area (Å²) in [5, 5.41) is 0. The van der Waals surface area contributed by atoms with E-state index in [0.29, 0.717) is 24.1 Å². The van der Waals surface area contributed by atoms with E-state index in [-0.39, 0.29) is 25.8 Å². The number of carbonyl (C=O) groups is 1. The zero-order valence-corrected chi connectivity index (χ0v) is 39.1. The zero-order chi connectivity index (χ0) is 43.4. The van der Waals surface area contributed by atoms with Gasteiger partial charge in [0, 0.05) is 13.0 Å². The van der Waals surface area contributed by atoms with Crippen molar-refractivity contribution in [3.63, 3.8) is 0 Å². The minimum absolute atomic E-state index is 0.0751. The van der Waals surface area contributed by atoms with Crippen LogP contribution in [0, 0.1) is 0 Å². The monoisotopic (exact) mass is 845 g/mol. The Labute approximate surface area is 362 Å². The molecule has 0 radical (unpaired) electrons. The maximum Gasteiger partial charge on any atom is 0.472 e. The van der Waals surface area contributed by atoms with E-state index in [1.165, 1.54) is 25.7 Å². The maximum absolute atomic E-state index is 12.7. The fourth-order valence-corrected chi connectivity index (χ4v) is 6.33. The normalized spacial score (nSPS) is 14.6. The van der Waals surface area contributed by atoms with Crippen molar-refractivity contribution >= 4 is 13.8 Å². The Morgan fingerprint density at radius 1 is 0.542 bits per heavy atom. The minimum atomic E-state index is -4.29. The molecule has 0 saturated heterocycles. The zero-order valence-electron chi connectivity index (χ0n) is 38.2. The van der Waals surface area contributed by atoms with Crippen LogP contribution in [0.4, 0.5) is 0 Å². The van der Waals surface area contributed by atoms with Gasteiger partial charge in [-0.15, -0.1) is 0 Å². The molecule has 0 aliphatic rings. The van der Waals surface area contributed by atoms with Gasteiger partial charge >= 0.3 is 13.8 Å². The molecular formula is C50H87NO7P+. The first-order valence-corrected chi connectivity index (χ1v) is 24.5. The first-order valence-electron chi connectivity index (χ1n) is 23.0. The van der Waals surface area contributed by atoms with Crippen LogP contribution in [0.25, 0.3) is 0 Å². The fraction of sp³-hybridized carbons (Fsp3) is 0.660. The molecule has 8 nitrogen and oxygen atoms in total. The summed E-state index contributed by atoms with van der Waals surface area (Å²) in [6.45, 7) is 5.35. The molecule has 0 saturated carbocycles. The summed E-state index contributed by atoms with van der Waals surface area (Å²) in [6.07, 6.45) is 57.3. The van der Waals surface area contributed by atoms with Crippen LogP contribution < -0.4 is 0 Å². The lowest BCUT2D eigenvalue weighted by Crippen LogP contribution is -2.37. The number of unbranched alkanes of at least 4 members (excludes halogenated alkanes) is 11. The topological polar surface area (TPSA) is 91.3 Å². The predicted octanol–water partition coefficient (Wildman–Crippen LogP) is 13.8. The minimum Gasteiger partial charge on any atom is -0.457 e. The number of phosphoric acid groups is 1. The second kappa shape index (κ2) is 42.1. The van der Waals surface area contributed by atoms with Crippen molar-refractivity contribution in [3.05, 3.63) is 97.2 Å². The smallest absolute Gasteiger partial charge is 0.457 e. The highest BCUT2D eigenvalue weighted by Gasteiger charge is 2.26. The SMILES string of the molecule is CC/C=C\C/C=C\C/C=C\C/C=C\C/C=C\C/C=C\CCCCCCC(=O)OC(COCCCCCCCC/C=C\C/C=C\CCC)COP(=O)(O)OCC[N+](C)(C)C. The van der Waals surface area contributed by atoms with E-state index in [9.17, 15) is 14.3 Å². The third-order valence-electron chi connectivity index (χ3n) is 9.11. The van der Waals surface area contributed by atoms with Crippen LogP contribution >= 0.6 is 7.82 Å². The highest BCUT2D eigenvalue weighted by molar-refractivity contribution is 7.47. The molecule has 0 spiro atoms. The maximum atomic E-state index is 12.7. The lowest BCUT2D eigenvalue weighted by molar-refractivity contribution is -0.870. The number of esters is 1. The van der Waals surface area contributed by atoms with Gasteiger partial charge in [-0.2, -0.15) is 0 Å². The first kappa shape index (κ1) is 56.4. The van der Waals surface area contributed by atoms with Gasteiger partial charge in [0.2, 0.25) is 0 Å². The average molecular weight is 845 g/mol. The molecule has 0 fully saturated rings. The summed E-state index contributed by atoms with van der Waals surface area (Å²) in [5.41, 5.74) is 0. The van der Waals surface area contributed by atoms with Crippen LogP contribution in [0.1, 0.15) is 155 Å². The Bertz CT molecular complexity index is 1260. The van der Waals surface area contributed by atoms with Gasteiger partial charge in [-0.3, -0.25) is 13.8 Å². The third kappa shape index (κ3) is 46.3. The summed E-state index contributed by atoms with van der Waals surface area (Å²) in [7, 11) is 1.62. The number of hydrogen-bond donors (Lipinski definition) is 1. The average Bonchev–Trinajstić information content (AvgIpc) is 3.19. The second-order valence-electron chi connectivity index (χ2n) is 16.0. The van der Waals surface area contributed by atoms with Crippen LogP contribution in [0.15, 0.2) is 97.2 Å². The lowest BCUT2D eigenvalue weighted by atomic mass is 10.1. The van der Waals surface area contributed by atoms with E-state index in [2.05, 4.69) is 111 Å². The van der Waals surface area contributed by atoms with E-state index in [1.54, 1.807) is 0 Å². The number of nitrogens with zero attached hydrogens (tertiary/aromatic N) is 1. The van der Waals surface area contributed by atoms with Crippen molar-refractivity contribution in [1.82, 2.24) is 0 Å². The van der Waals surface area contributed by atoms with E-state index in [4.69, 9.17) is 18.5 Å². The van der Waals surface area contributed by atoms with Gasteiger partial charge in [-0.25, -0.2) is 4.57 Å². The van der Waals surface area contributed by atoms with Crippen molar-refractivity contribution in [3.8, 4) is 0 Å². The number of allylic oxidation sites excluding steroid dienone is 16. The summed E-state index contributed by atoms with van der Waals surface area (Å²) < 4.78 is 35.0. The predicted molar refractivity (Wildman–Crippen MR) is 251 cm³/mol. The molecule has 0 aromatic heterocycles. The van der Waals surface area contributed by atoms with Crippen LogP contribution in [0.3, 0.4) is 0 Å². The molecule has 2 atom stereocenters. The number of carbonyl (C=O) groups excluding carboxylic acids is 1. The quantitative estimate of drug-likeness (QED) is 0.0215. The van der Waals surface area contributed by atoms with Crippen LogP contribution in [-0.2, 0) is 27.9 Å². The van der Waals surface area contributed by atoms with Gasteiger partial charge in [0.25, 0.3) is 0 Å². The molecule has 0 amide bonds. The van der Waals surface area contributed by atoms with Gasteiger partial charge < -0.3 is 18.9 Å². The van der Waals surface area contributed by atoms with Crippen LogP contribution in [-0.4, -0.2) is 75.6 Å². The molecule has 9 heteroatoms. The molecule has 0 rings (SSSR count). The van der Waals surface area contributed by atoms with E-state index >= 15 is 0 Å². The first-order chi connectivity index (χ1) is 28.6. The second-order valence-corrected chi connectivity index (χ2v) is 17.5. The van der Waals surface area contributed by atoms with Crippen molar-refractivity contribution in [2.75, 3.05) is 54.1 Å². The molecule has 338 valence electrons. The van der Waals surface area contributed by atoms with Gasteiger partial charge in [-0.05, 0) is 89.9 Å². The Kier molecular flexibility index (Phi) is 40.3. The Balaban J connectivity index is 4.30. The number of quaternary nitrogens is 1. The molecule has 2 unspecified atom stereocenters. The molecule has 0 heterocycles. The number of ether oxygens (including phenoxy) is 2. The van der Waals surface area contributed by atoms with Crippen LogP contribution in [0.2, 0.25) is 0 Å². The number of hydrogen-bond acceptors (Lipinski definition) is 6. The molecule has 1 N–H and O–H groups in total. The van der Waals surface area contributed by atoms with Crippen molar-refractivity contribution < 1.29 is 37.3 Å².